The molecule has 7 heteroatoms. The van der Waals surface area contributed by atoms with Crippen molar-refractivity contribution in [1.29, 1.82) is 0 Å². The van der Waals surface area contributed by atoms with E-state index >= 15 is 0 Å². The van der Waals surface area contributed by atoms with E-state index in [9.17, 15) is 4.79 Å². The number of benzene rings is 2. The van der Waals surface area contributed by atoms with Crippen LogP contribution in [0.2, 0.25) is 5.02 Å². The smallest absolute Gasteiger partial charge is 0.289 e. The third-order valence-corrected chi connectivity index (χ3v) is 4.52. The Labute approximate surface area is 160 Å². The molecule has 3 N–H and O–H groups in total. The number of rotatable bonds is 4. The van der Waals surface area contributed by atoms with E-state index in [0.29, 0.717) is 16.4 Å². The second-order valence-corrected chi connectivity index (χ2v) is 6.52. The zero-order chi connectivity index (χ0) is 18.8. The first-order chi connectivity index (χ1) is 13.1. The molecule has 4 rings (SSSR count). The monoisotopic (exact) mass is 377 g/mol. The van der Waals surface area contributed by atoms with Gasteiger partial charge in [-0.1, -0.05) is 41.9 Å². The largest absolute Gasteiger partial charge is 0.358 e. The van der Waals surface area contributed by atoms with Gasteiger partial charge in [0.2, 0.25) is 0 Å². The van der Waals surface area contributed by atoms with E-state index in [0.717, 1.165) is 27.7 Å². The van der Waals surface area contributed by atoms with Gasteiger partial charge in [0.05, 0.1) is 11.9 Å². The summed E-state index contributed by atoms with van der Waals surface area (Å²) in [5, 5.41) is 12.7. The Morgan fingerprint density at radius 3 is 2.78 bits per heavy atom. The summed E-state index contributed by atoms with van der Waals surface area (Å²) < 4.78 is 0. The average molecular weight is 378 g/mol. The molecule has 4 aromatic rings. The highest BCUT2D eigenvalue weighted by molar-refractivity contribution is 6.30. The van der Waals surface area contributed by atoms with Crippen molar-refractivity contribution in [1.82, 2.24) is 20.6 Å². The molecule has 0 saturated heterocycles. The van der Waals surface area contributed by atoms with Crippen molar-refractivity contribution in [2.75, 3.05) is 0 Å². The predicted octanol–water partition coefficient (Wildman–Crippen LogP) is 4.28. The highest BCUT2D eigenvalue weighted by Gasteiger charge is 2.11. The first-order valence-electron chi connectivity index (χ1n) is 8.34. The number of hydrogen-bond donors (Lipinski definition) is 3. The average Bonchev–Trinajstić information content (AvgIpc) is 3.27. The second kappa shape index (κ2) is 7.09. The number of nitrogens with zero attached hydrogens (tertiary/aromatic N) is 2. The van der Waals surface area contributed by atoms with Gasteiger partial charge in [-0.2, -0.15) is 10.2 Å². The molecule has 1 amide bonds. The van der Waals surface area contributed by atoms with Crippen LogP contribution in [-0.2, 0) is 0 Å². The van der Waals surface area contributed by atoms with Crippen LogP contribution in [0, 0.1) is 6.92 Å². The van der Waals surface area contributed by atoms with Gasteiger partial charge in [-0.05, 0) is 31.2 Å². The molecule has 134 valence electrons. The number of aromatic nitrogens is 3. The number of carbonyl (C=O) groups excluding carboxylic acids is 1. The van der Waals surface area contributed by atoms with Crippen LogP contribution < -0.4 is 5.43 Å². The number of H-pyrrole nitrogens is 2. The van der Waals surface area contributed by atoms with Crippen molar-refractivity contribution in [3.05, 3.63) is 76.6 Å². The molecule has 2 heterocycles. The maximum absolute atomic E-state index is 12.3. The molecule has 6 nitrogen and oxygen atoms in total. The van der Waals surface area contributed by atoms with Crippen molar-refractivity contribution in [3.8, 4) is 11.3 Å². The lowest BCUT2D eigenvalue weighted by Crippen LogP contribution is -2.18. The molecule has 0 spiro atoms. The quantitative estimate of drug-likeness (QED) is 0.366. The summed E-state index contributed by atoms with van der Waals surface area (Å²) in [6, 6.07) is 16.9. The van der Waals surface area contributed by atoms with E-state index in [1.807, 2.05) is 43.3 Å². The van der Waals surface area contributed by atoms with Gasteiger partial charge in [-0.15, -0.1) is 0 Å². The third kappa shape index (κ3) is 3.47. The van der Waals surface area contributed by atoms with Crippen LogP contribution in [0.1, 0.15) is 21.7 Å². The summed E-state index contributed by atoms with van der Waals surface area (Å²) in [6.45, 7) is 1.97. The van der Waals surface area contributed by atoms with Gasteiger partial charge >= 0.3 is 0 Å². The molecular weight excluding hydrogens is 362 g/mol. The van der Waals surface area contributed by atoms with Crippen molar-refractivity contribution < 1.29 is 4.79 Å². The normalized spacial score (nSPS) is 11.3. The number of amides is 1. The number of carbonyl (C=O) groups is 1. The number of fused-ring (bicyclic) bond motifs is 1. The van der Waals surface area contributed by atoms with Crippen LogP contribution >= 0.6 is 11.6 Å². The fourth-order valence-electron chi connectivity index (χ4n) is 2.89. The molecule has 0 bridgehead atoms. The standard InChI is InChI=1S/C20H16ClN5O/c1-12-16(15-4-2-3-5-17(15)23-12)11-22-26-20(27)19-10-18(24-25-19)13-6-8-14(21)9-7-13/h2-11,23H,1H3,(H,24,25)(H,26,27). The molecule has 2 aromatic carbocycles. The summed E-state index contributed by atoms with van der Waals surface area (Å²) in [5.74, 6) is -0.364. The van der Waals surface area contributed by atoms with Gasteiger partial charge in [0, 0.05) is 32.7 Å². The van der Waals surface area contributed by atoms with Crippen LogP contribution in [0.15, 0.2) is 59.7 Å². The van der Waals surface area contributed by atoms with E-state index in [-0.39, 0.29) is 5.91 Å². The Morgan fingerprint density at radius 2 is 1.96 bits per heavy atom. The van der Waals surface area contributed by atoms with Crippen LogP contribution in [-0.4, -0.2) is 27.3 Å². The maximum atomic E-state index is 12.3. The lowest BCUT2D eigenvalue weighted by atomic mass is 10.1. The van der Waals surface area contributed by atoms with E-state index in [4.69, 9.17) is 11.6 Å². The number of nitrogens with one attached hydrogen (secondary N) is 3. The van der Waals surface area contributed by atoms with E-state index in [2.05, 4.69) is 25.7 Å². The minimum absolute atomic E-state index is 0.327. The number of para-hydroxylation sites is 1. The summed E-state index contributed by atoms with van der Waals surface area (Å²) in [6.07, 6.45) is 1.64. The first-order valence-corrected chi connectivity index (χ1v) is 8.71. The Morgan fingerprint density at radius 1 is 1.19 bits per heavy atom. The van der Waals surface area contributed by atoms with Crippen molar-refractivity contribution in [2.24, 2.45) is 5.10 Å². The lowest BCUT2D eigenvalue weighted by molar-refractivity contribution is 0.0950. The molecule has 0 aliphatic carbocycles. The summed E-state index contributed by atoms with van der Waals surface area (Å²) in [5.41, 5.74) is 7.34. The van der Waals surface area contributed by atoms with E-state index in [1.165, 1.54) is 0 Å². The molecular formula is C20H16ClN5O. The highest BCUT2D eigenvalue weighted by atomic mass is 35.5. The fourth-order valence-corrected chi connectivity index (χ4v) is 3.01. The molecule has 2 aromatic heterocycles. The zero-order valence-electron chi connectivity index (χ0n) is 14.5. The molecule has 0 aliphatic heterocycles. The fraction of sp³-hybridized carbons (Fsp3) is 0.0500. The third-order valence-electron chi connectivity index (χ3n) is 4.27. The minimum Gasteiger partial charge on any atom is -0.358 e. The molecule has 0 saturated carbocycles. The van der Waals surface area contributed by atoms with Gasteiger partial charge in [0.25, 0.3) is 5.91 Å². The number of halogens is 1. The SMILES string of the molecule is Cc1[nH]c2ccccc2c1C=NNC(=O)c1cc(-c2ccc(Cl)cc2)n[nH]1. The molecule has 0 aliphatic rings. The molecule has 0 radical (unpaired) electrons. The topological polar surface area (TPSA) is 85.9 Å². The van der Waals surface area contributed by atoms with Crippen LogP contribution in [0.5, 0.6) is 0 Å². The summed E-state index contributed by atoms with van der Waals surface area (Å²) in [7, 11) is 0. The van der Waals surface area contributed by atoms with Crippen LogP contribution in [0.3, 0.4) is 0 Å². The number of hydrogen-bond acceptors (Lipinski definition) is 3. The second-order valence-electron chi connectivity index (χ2n) is 6.08. The summed E-state index contributed by atoms with van der Waals surface area (Å²) in [4.78, 5) is 15.6. The summed E-state index contributed by atoms with van der Waals surface area (Å²) >= 11 is 5.89. The first kappa shape index (κ1) is 17.1. The Bertz CT molecular complexity index is 1140. The lowest BCUT2D eigenvalue weighted by Gasteiger charge is -1.97. The highest BCUT2D eigenvalue weighted by Crippen LogP contribution is 2.21. The van der Waals surface area contributed by atoms with Crippen molar-refractivity contribution in [2.45, 2.75) is 6.92 Å². The van der Waals surface area contributed by atoms with Gasteiger partial charge in [-0.25, -0.2) is 5.43 Å². The Hall–Kier alpha value is -3.38. The Balaban J connectivity index is 1.49. The van der Waals surface area contributed by atoms with Crippen molar-refractivity contribution >= 4 is 34.6 Å². The van der Waals surface area contributed by atoms with Crippen molar-refractivity contribution in [3.63, 3.8) is 0 Å². The van der Waals surface area contributed by atoms with Gasteiger partial charge in [-0.3, -0.25) is 9.89 Å². The molecule has 27 heavy (non-hydrogen) atoms. The zero-order valence-corrected chi connectivity index (χ0v) is 15.2. The molecule has 0 atom stereocenters. The number of aryl methyl sites for hydroxylation is 1. The van der Waals surface area contributed by atoms with Gasteiger partial charge < -0.3 is 4.98 Å². The predicted molar refractivity (Wildman–Crippen MR) is 107 cm³/mol. The molecule has 0 fully saturated rings. The van der Waals surface area contributed by atoms with E-state index in [1.54, 1.807) is 24.4 Å². The maximum Gasteiger partial charge on any atom is 0.289 e. The van der Waals surface area contributed by atoms with Gasteiger partial charge in [0.1, 0.15) is 5.69 Å². The minimum atomic E-state index is -0.364. The molecule has 0 unspecified atom stereocenters. The van der Waals surface area contributed by atoms with Crippen LogP contribution in [0.25, 0.3) is 22.2 Å². The van der Waals surface area contributed by atoms with Gasteiger partial charge in [0.15, 0.2) is 0 Å². The van der Waals surface area contributed by atoms with E-state index < -0.39 is 0 Å². The number of hydrazone groups is 1. The Kier molecular flexibility index (Phi) is 4.48. The van der Waals surface area contributed by atoms with Crippen LogP contribution in [0.4, 0.5) is 0 Å². The number of aromatic amines is 2.